The molecule has 1 unspecified atom stereocenters. The molecule has 1 aromatic heterocycles. The number of carbonyl (C=O) groups excluding carboxylic acids is 3. The molecule has 1 heterocycles. The highest BCUT2D eigenvalue weighted by Crippen LogP contribution is 2.21. The minimum atomic E-state index is -0.587. The Bertz CT molecular complexity index is 589. The molecular weight excluding hydrogens is 284 g/mol. The Morgan fingerprint density at radius 2 is 1.82 bits per heavy atom. The predicted octanol–water partition coefficient (Wildman–Crippen LogP) is 2.25. The number of nitrogens with one attached hydrogen (secondary N) is 1. The molecule has 0 aromatic carbocycles. The standard InChI is InChI=1S/C16H24N2O4/c1-7-12(19)18(6)11(5)15(20)13-9(3)14(17-10(13)4)16(21)22-8-2/h11,17H,7-8H2,1-6H3. The molecule has 1 aromatic rings. The highest BCUT2D eigenvalue weighted by molar-refractivity contribution is 6.06. The minimum absolute atomic E-state index is 0.0997. The normalized spacial score (nSPS) is 11.9. The van der Waals surface area contributed by atoms with Gasteiger partial charge in [0.2, 0.25) is 5.91 Å². The van der Waals surface area contributed by atoms with E-state index in [1.54, 1.807) is 41.7 Å². The SMILES string of the molecule is CCOC(=O)c1[nH]c(C)c(C(=O)C(C)N(C)C(=O)CC)c1C. The van der Waals surface area contributed by atoms with E-state index in [1.165, 1.54) is 4.90 Å². The van der Waals surface area contributed by atoms with Crippen molar-refractivity contribution in [2.24, 2.45) is 0 Å². The minimum Gasteiger partial charge on any atom is -0.461 e. The lowest BCUT2D eigenvalue weighted by molar-refractivity contribution is -0.130. The van der Waals surface area contributed by atoms with E-state index in [-0.39, 0.29) is 18.3 Å². The summed E-state index contributed by atoms with van der Waals surface area (Å²) in [5.41, 5.74) is 1.91. The summed E-state index contributed by atoms with van der Waals surface area (Å²) in [6.07, 6.45) is 0.341. The van der Waals surface area contributed by atoms with Crippen LogP contribution in [0.3, 0.4) is 0 Å². The molecule has 0 aliphatic heterocycles. The maximum absolute atomic E-state index is 12.7. The molecule has 122 valence electrons. The van der Waals surface area contributed by atoms with Crippen LogP contribution in [0.2, 0.25) is 0 Å². The highest BCUT2D eigenvalue weighted by Gasteiger charge is 2.28. The monoisotopic (exact) mass is 308 g/mol. The summed E-state index contributed by atoms with van der Waals surface area (Å²) < 4.78 is 4.97. The summed E-state index contributed by atoms with van der Waals surface area (Å²) in [7, 11) is 1.61. The largest absolute Gasteiger partial charge is 0.461 e. The number of hydrogen-bond acceptors (Lipinski definition) is 4. The van der Waals surface area contributed by atoms with Gasteiger partial charge in [-0.1, -0.05) is 6.92 Å². The summed E-state index contributed by atoms with van der Waals surface area (Å²) in [5.74, 6) is -0.767. The van der Waals surface area contributed by atoms with Crippen molar-refractivity contribution in [3.8, 4) is 0 Å². The summed E-state index contributed by atoms with van der Waals surface area (Å²) in [6, 6.07) is -0.587. The first kappa shape index (κ1) is 17.9. The molecule has 0 spiro atoms. The highest BCUT2D eigenvalue weighted by atomic mass is 16.5. The maximum atomic E-state index is 12.7. The number of amides is 1. The molecule has 22 heavy (non-hydrogen) atoms. The van der Waals surface area contributed by atoms with Gasteiger partial charge in [0.15, 0.2) is 5.78 Å². The molecule has 1 rings (SSSR count). The number of aromatic amines is 1. The zero-order valence-electron chi connectivity index (χ0n) is 14.1. The first-order valence-corrected chi connectivity index (χ1v) is 7.42. The Morgan fingerprint density at radius 1 is 1.23 bits per heavy atom. The number of likely N-dealkylation sites (N-methyl/N-ethyl adjacent to an activating group) is 1. The second kappa shape index (κ2) is 7.24. The number of carbonyl (C=O) groups is 3. The van der Waals surface area contributed by atoms with Crippen LogP contribution in [0.15, 0.2) is 0 Å². The Balaban J connectivity index is 3.14. The molecule has 1 amide bonds. The van der Waals surface area contributed by atoms with Gasteiger partial charge in [0.25, 0.3) is 0 Å². The van der Waals surface area contributed by atoms with Crippen molar-refractivity contribution in [2.75, 3.05) is 13.7 Å². The van der Waals surface area contributed by atoms with Gasteiger partial charge in [-0.3, -0.25) is 9.59 Å². The van der Waals surface area contributed by atoms with Crippen LogP contribution < -0.4 is 0 Å². The van der Waals surface area contributed by atoms with Crippen molar-refractivity contribution in [3.63, 3.8) is 0 Å². The van der Waals surface area contributed by atoms with Crippen LogP contribution in [0.5, 0.6) is 0 Å². The average molecular weight is 308 g/mol. The van der Waals surface area contributed by atoms with E-state index in [0.29, 0.717) is 28.9 Å². The van der Waals surface area contributed by atoms with E-state index in [4.69, 9.17) is 4.74 Å². The van der Waals surface area contributed by atoms with Gasteiger partial charge < -0.3 is 14.6 Å². The van der Waals surface area contributed by atoms with Crippen molar-refractivity contribution >= 4 is 17.7 Å². The van der Waals surface area contributed by atoms with Crippen LogP contribution in [0.4, 0.5) is 0 Å². The number of H-pyrrole nitrogens is 1. The summed E-state index contributed by atoms with van der Waals surface area (Å²) in [5, 5.41) is 0. The third-order valence-electron chi connectivity index (χ3n) is 3.82. The number of esters is 1. The van der Waals surface area contributed by atoms with Gasteiger partial charge in [0.1, 0.15) is 5.69 Å². The van der Waals surface area contributed by atoms with Crippen molar-refractivity contribution in [2.45, 2.75) is 47.1 Å². The van der Waals surface area contributed by atoms with Gasteiger partial charge in [-0.2, -0.15) is 0 Å². The van der Waals surface area contributed by atoms with E-state index >= 15 is 0 Å². The molecule has 0 saturated heterocycles. The van der Waals surface area contributed by atoms with E-state index in [1.807, 2.05) is 0 Å². The molecule has 1 atom stereocenters. The average Bonchev–Trinajstić information content (AvgIpc) is 2.79. The molecule has 0 radical (unpaired) electrons. The zero-order chi connectivity index (χ0) is 17.0. The molecule has 0 aliphatic rings. The summed E-state index contributed by atoms with van der Waals surface area (Å²) >= 11 is 0. The fourth-order valence-corrected chi connectivity index (χ4v) is 2.38. The van der Waals surface area contributed by atoms with Gasteiger partial charge in [0, 0.05) is 24.7 Å². The fourth-order valence-electron chi connectivity index (χ4n) is 2.38. The van der Waals surface area contributed by atoms with Crippen molar-refractivity contribution in [1.82, 2.24) is 9.88 Å². The number of hydrogen-bond donors (Lipinski definition) is 1. The molecule has 0 aliphatic carbocycles. The van der Waals surface area contributed by atoms with Crippen LogP contribution in [0.1, 0.15) is 59.3 Å². The van der Waals surface area contributed by atoms with Crippen LogP contribution in [-0.4, -0.2) is 47.2 Å². The maximum Gasteiger partial charge on any atom is 0.355 e. The Kier molecular flexibility index (Phi) is 5.91. The Hall–Kier alpha value is -2.11. The van der Waals surface area contributed by atoms with Crippen molar-refractivity contribution in [1.29, 1.82) is 0 Å². The Labute approximate surface area is 130 Å². The molecular formula is C16H24N2O4. The predicted molar refractivity (Wildman–Crippen MR) is 83.1 cm³/mol. The van der Waals surface area contributed by atoms with Gasteiger partial charge in [-0.15, -0.1) is 0 Å². The number of ether oxygens (including phenoxy) is 1. The van der Waals surface area contributed by atoms with E-state index in [2.05, 4.69) is 4.98 Å². The number of nitrogens with zero attached hydrogens (tertiary/aromatic N) is 1. The summed E-state index contributed by atoms with van der Waals surface area (Å²) in [6.45, 7) is 8.87. The van der Waals surface area contributed by atoms with Crippen LogP contribution in [-0.2, 0) is 9.53 Å². The summed E-state index contributed by atoms with van der Waals surface area (Å²) in [4.78, 5) is 40.7. The smallest absolute Gasteiger partial charge is 0.355 e. The quantitative estimate of drug-likeness (QED) is 0.645. The van der Waals surface area contributed by atoms with Crippen LogP contribution in [0, 0.1) is 13.8 Å². The number of ketones is 1. The fraction of sp³-hybridized carbons (Fsp3) is 0.562. The van der Waals surface area contributed by atoms with Gasteiger partial charge >= 0.3 is 5.97 Å². The second-order valence-electron chi connectivity index (χ2n) is 5.24. The molecule has 0 fully saturated rings. The van der Waals surface area contributed by atoms with Crippen molar-refractivity contribution < 1.29 is 19.1 Å². The van der Waals surface area contributed by atoms with E-state index in [9.17, 15) is 14.4 Å². The van der Waals surface area contributed by atoms with Crippen LogP contribution >= 0.6 is 0 Å². The molecule has 0 saturated carbocycles. The zero-order valence-corrected chi connectivity index (χ0v) is 14.1. The topological polar surface area (TPSA) is 79.5 Å². The lowest BCUT2D eigenvalue weighted by Crippen LogP contribution is -2.40. The second-order valence-corrected chi connectivity index (χ2v) is 5.24. The molecule has 6 heteroatoms. The Morgan fingerprint density at radius 3 is 2.32 bits per heavy atom. The third-order valence-corrected chi connectivity index (χ3v) is 3.82. The van der Waals surface area contributed by atoms with Gasteiger partial charge in [-0.05, 0) is 33.3 Å². The number of aryl methyl sites for hydroxylation is 1. The number of Topliss-reactive ketones (excluding diaryl/α,β-unsaturated/α-hetero) is 1. The van der Waals surface area contributed by atoms with Crippen molar-refractivity contribution in [3.05, 3.63) is 22.5 Å². The molecule has 0 bridgehead atoms. The van der Waals surface area contributed by atoms with Gasteiger partial charge in [0.05, 0.1) is 12.6 Å². The number of rotatable bonds is 6. The van der Waals surface area contributed by atoms with Crippen LogP contribution in [0.25, 0.3) is 0 Å². The number of aromatic nitrogens is 1. The molecule has 6 nitrogen and oxygen atoms in total. The van der Waals surface area contributed by atoms with E-state index in [0.717, 1.165) is 0 Å². The first-order chi connectivity index (χ1) is 10.3. The first-order valence-electron chi connectivity index (χ1n) is 7.42. The third kappa shape index (κ3) is 3.37. The van der Waals surface area contributed by atoms with Gasteiger partial charge in [-0.25, -0.2) is 4.79 Å². The molecule has 1 N–H and O–H groups in total. The van der Waals surface area contributed by atoms with E-state index < -0.39 is 12.0 Å². The lowest BCUT2D eigenvalue weighted by atomic mass is 10.00. The lowest BCUT2D eigenvalue weighted by Gasteiger charge is -2.23.